The van der Waals surface area contributed by atoms with E-state index in [-0.39, 0.29) is 18.3 Å². The predicted octanol–water partition coefficient (Wildman–Crippen LogP) is 4.43. The van der Waals surface area contributed by atoms with E-state index in [2.05, 4.69) is 10.6 Å². The van der Waals surface area contributed by atoms with E-state index in [1.54, 1.807) is 24.3 Å². The zero-order valence-corrected chi connectivity index (χ0v) is 20.4. The topological polar surface area (TPSA) is 85.9 Å². The van der Waals surface area contributed by atoms with Gasteiger partial charge in [-0.1, -0.05) is 24.3 Å². The minimum absolute atomic E-state index is 0.130. The van der Waals surface area contributed by atoms with Gasteiger partial charge in [-0.3, -0.25) is 9.59 Å². The van der Waals surface area contributed by atoms with Crippen LogP contribution < -0.4 is 24.8 Å². The lowest BCUT2D eigenvalue weighted by atomic mass is 10.1. The number of hydrogen-bond acceptors (Lipinski definition) is 6. The van der Waals surface area contributed by atoms with Crippen LogP contribution in [-0.4, -0.2) is 38.7 Å². The summed E-state index contributed by atoms with van der Waals surface area (Å²) in [5.41, 5.74) is 1.48. The normalized spacial score (nSPS) is 11.9. The predicted molar refractivity (Wildman–Crippen MR) is 134 cm³/mol. The Hall–Kier alpha value is -3.78. The van der Waals surface area contributed by atoms with Crippen molar-refractivity contribution in [3.63, 3.8) is 0 Å². The fourth-order valence-corrected chi connectivity index (χ4v) is 3.78. The SMILES string of the molecule is COc1ccc(C(=O)N/C(=C\c2cccs2)C(=O)N[C@@H](C)COc2ccccc2C)cc1OC. The highest BCUT2D eigenvalue weighted by Crippen LogP contribution is 2.27. The van der Waals surface area contributed by atoms with E-state index in [0.29, 0.717) is 17.1 Å². The first-order valence-electron chi connectivity index (χ1n) is 10.7. The van der Waals surface area contributed by atoms with Gasteiger partial charge in [0.15, 0.2) is 11.5 Å². The molecule has 2 N–H and O–H groups in total. The summed E-state index contributed by atoms with van der Waals surface area (Å²) in [6.45, 7) is 4.09. The van der Waals surface area contributed by atoms with Crippen LogP contribution in [0.3, 0.4) is 0 Å². The van der Waals surface area contributed by atoms with Gasteiger partial charge in [0.1, 0.15) is 18.1 Å². The second kappa shape index (κ2) is 11.9. The van der Waals surface area contributed by atoms with Gasteiger partial charge in [0.2, 0.25) is 0 Å². The average Bonchev–Trinajstić information content (AvgIpc) is 3.35. The van der Waals surface area contributed by atoms with Crippen molar-refractivity contribution < 1.29 is 23.8 Å². The number of methoxy groups -OCH3 is 2. The van der Waals surface area contributed by atoms with Crippen molar-refractivity contribution in [2.75, 3.05) is 20.8 Å². The number of carbonyl (C=O) groups is 2. The van der Waals surface area contributed by atoms with Crippen LogP contribution in [0.1, 0.15) is 27.7 Å². The second-order valence-electron chi connectivity index (χ2n) is 7.55. The lowest BCUT2D eigenvalue weighted by molar-refractivity contribution is -0.118. The molecule has 2 amide bonds. The van der Waals surface area contributed by atoms with Gasteiger partial charge in [-0.2, -0.15) is 0 Å². The number of carbonyl (C=O) groups excluding carboxylic acids is 2. The number of ether oxygens (including phenoxy) is 3. The monoisotopic (exact) mass is 480 g/mol. The second-order valence-corrected chi connectivity index (χ2v) is 8.53. The number of hydrogen-bond donors (Lipinski definition) is 2. The molecule has 0 bridgehead atoms. The van der Waals surface area contributed by atoms with Gasteiger partial charge in [0.05, 0.1) is 20.3 Å². The summed E-state index contributed by atoms with van der Waals surface area (Å²) >= 11 is 1.46. The summed E-state index contributed by atoms with van der Waals surface area (Å²) in [5, 5.41) is 7.52. The maximum Gasteiger partial charge on any atom is 0.268 e. The van der Waals surface area contributed by atoms with Crippen LogP contribution in [0.4, 0.5) is 0 Å². The average molecular weight is 481 g/mol. The van der Waals surface area contributed by atoms with Crippen LogP contribution in [0.2, 0.25) is 0 Å². The Bertz CT molecular complexity index is 1160. The molecule has 3 aromatic rings. The van der Waals surface area contributed by atoms with Crippen molar-refractivity contribution in [3.05, 3.63) is 81.7 Å². The van der Waals surface area contributed by atoms with Crippen LogP contribution in [0.5, 0.6) is 17.2 Å². The summed E-state index contributed by atoms with van der Waals surface area (Å²) in [6, 6.07) is 15.9. The molecule has 34 heavy (non-hydrogen) atoms. The van der Waals surface area contributed by atoms with Gasteiger partial charge in [-0.15, -0.1) is 11.3 Å². The molecular formula is C26H28N2O5S. The van der Waals surface area contributed by atoms with Crippen molar-refractivity contribution in [1.29, 1.82) is 0 Å². The molecule has 0 aliphatic rings. The third-order valence-electron chi connectivity index (χ3n) is 4.93. The lowest BCUT2D eigenvalue weighted by Gasteiger charge is -2.18. The highest BCUT2D eigenvalue weighted by atomic mass is 32.1. The maximum atomic E-state index is 13.1. The summed E-state index contributed by atoms with van der Waals surface area (Å²) < 4.78 is 16.3. The molecule has 178 valence electrons. The van der Waals surface area contributed by atoms with E-state index in [9.17, 15) is 9.59 Å². The molecule has 0 aliphatic carbocycles. The molecule has 0 aliphatic heterocycles. The molecule has 1 aromatic heterocycles. The van der Waals surface area contributed by atoms with E-state index >= 15 is 0 Å². The van der Waals surface area contributed by atoms with Crippen LogP contribution in [0.15, 0.2) is 65.7 Å². The number of thiophene rings is 1. The maximum absolute atomic E-state index is 13.1. The zero-order chi connectivity index (χ0) is 24.5. The molecule has 0 saturated carbocycles. The highest BCUT2D eigenvalue weighted by molar-refractivity contribution is 7.10. The fourth-order valence-electron chi connectivity index (χ4n) is 3.12. The Balaban J connectivity index is 1.72. The van der Waals surface area contributed by atoms with E-state index < -0.39 is 11.8 Å². The van der Waals surface area contributed by atoms with E-state index in [4.69, 9.17) is 14.2 Å². The molecule has 3 rings (SSSR count). The van der Waals surface area contributed by atoms with Gasteiger partial charge < -0.3 is 24.8 Å². The summed E-state index contributed by atoms with van der Waals surface area (Å²) in [6.07, 6.45) is 1.65. The highest BCUT2D eigenvalue weighted by Gasteiger charge is 2.18. The van der Waals surface area contributed by atoms with Crippen LogP contribution in [0.25, 0.3) is 6.08 Å². The Labute approximate surface area is 203 Å². The third kappa shape index (κ3) is 6.62. The Morgan fingerprint density at radius 3 is 2.44 bits per heavy atom. The Kier molecular flexibility index (Phi) is 8.70. The van der Waals surface area contributed by atoms with Gasteiger partial charge in [0.25, 0.3) is 11.8 Å². The molecule has 7 nitrogen and oxygen atoms in total. The van der Waals surface area contributed by atoms with E-state index in [1.165, 1.54) is 25.6 Å². The van der Waals surface area contributed by atoms with Gasteiger partial charge in [-0.25, -0.2) is 0 Å². The molecule has 0 fully saturated rings. The number of aryl methyl sites for hydroxylation is 1. The first kappa shape index (κ1) is 24.9. The fraction of sp³-hybridized carbons (Fsp3) is 0.231. The van der Waals surface area contributed by atoms with Crippen molar-refractivity contribution in [2.24, 2.45) is 0 Å². The summed E-state index contributed by atoms with van der Waals surface area (Å²) in [7, 11) is 3.02. The number of nitrogens with one attached hydrogen (secondary N) is 2. The van der Waals surface area contributed by atoms with Crippen molar-refractivity contribution in [2.45, 2.75) is 19.9 Å². The minimum Gasteiger partial charge on any atom is -0.493 e. The first-order chi connectivity index (χ1) is 16.4. The largest absolute Gasteiger partial charge is 0.493 e. The quantitative estimate of drug-likeness (QED) is 0.420. The zero-order valence-electron chi connectivity index (χ0n) is 19.6. The number of benzene rings is 2. The molecule has 8 heteroatoms. The van der Waals surface area contributed by atoms with Crippen molar-refractivity contribution in [1.82, 2.24) is 10.6 Å². The molecule has 2 aromatic carbocycles. The smallest absolute Gasteiger partial charge is 0.268 e. The van der Waals surface area contributed by atoms with Crippen molar-refractivity contribution >= 4 is 29.2 Å². The van der Waals surface area contributed by atoms with E-state index in [1.807, 2.05) is 55.6 Å². The molecular weight excluding hydrogens is 452 g/mol. The summed E-state index contributed by atoms with van der Waals surface area (Å²) in [4.78, 5) is 26.8. The van der Waals surface area contributed by atoms with Gasteiger partial charge in [0, 0.05) is 10.4 Å². The first-order valence-corrected chi connectivity index (χ1v) is 11.6. The molecule has 0 unspecified atom stereocenters. The van der Waals surface area contributed by atoms with E-state index in [0.717, 1.165) is 16.2 Å². The Morgan fingerprint density at radius 2 is 1.76 bits per heavy atom. The Morgan fingerprint density at radius 1 is 1.00 bits per heavy atom. The van der Waals surface area contributed by atoms with Crippen molar-refractivity contribution in [3.8, 4) is 17.2 Å². The molecule has 1 heterocycles. The molecule has 0 saturated heterocycles. The van der Waals surface area contributed by atoms with Crippen LogP contribution in [-0.2, 0) is 4.79 Å². The molecule has 1 atom stereocenters. The number of amides is 2. The number of rotatable bonds is 10. The standard InChI is InChI=1S/C26H28N2O5S/c1-17-8-5-6-10-22(17)33-16-18(2)27-26(30)21(15-20-9-7-13-34-20)28-25(29)19-11-12-23(31-3)24(14-19)32-4/h5-15,18H,16H2,1-4H3,(H,27,30)(H,28,29)/b21-15-/t18-/m0/s1. The molecule has 0 spiro atoms. The number of para-hydroxylation sites is 1. The summed E-state index contributed by atoms with van der Waals surface area (Å²) in [5.74, 6) is 0.838. The van der Waals surface area contributed by atoms with Gasteiger partial charge in [-0.05, 0) is 61.2 Å². The molecule has 0 radical (unpaired) electrons. The van der Waals surface area contributed by atoms with Crippen LogP contribution >= 0.6 is 11.3 Å². The van der Waals surface area contributed by atoms with Gasteiger partial charge >= 0.3 is 0 Å². The third-order valence-corrected chi connectivity index (χ3v) is 5.75. The van der Waals surface area contributed by atoms with Crippen LogP contribution in [0, 0.1) is 6.92 Å². The minimum atomic E-state index is -0.442. The lowest BCUT2D eigenvalue weighted by Crippen LogP contribution is -2.41.